The normalized spacial score (nSPS) is 16.6. The molecule has 1 aliphatic rings. The summed E-state index contributed by atoms with van der Waals surface area (Å²) in [6.07, 6.45) is 4.63. The molecular weight excluding hydrogens is 276 g/mol. The van der Waals surface area contributed by atoms with Gasteiger partial charge in [-0.2, -0.15) is 0 Å². The van der Waals surface area contributed by atoms with E-state index in [0.717, 1.165) is 25.9 Å². The Morgan fingerprint density at radius 1 is 1.24 bits per heavy atom. The molecule has 112 valence electrons. The van der Waals surface area contributed by atoms with Crippen LogP contribution in [0.1, 0.15) is 59.3 Å². The van der Waals surface area contributed by atoms with Crippen molar-refractivity contribution in [2.75, 3.05) is 6.54 Å². The van der Waals surface area contributed by atoms with Gasteiger partial charge in [0, 0.05) is 17.3 Å². The van der Waals surface area contributed by atoms with Crippen LogP contribution in [0.25, 0.3) is 0 Å². The number of benzene rings is 1. The van der Waals surface area contributed by atoms with Crippen molar-refractivity contribution >= 4 is 11.3 Å². The minimum Gasteiger partial charge on any atom is -0.312 e. The summed E-state index contributed by atoms with van der Waals surface area (Å²) in [5.41, 5.74) is 4.31. The van der Waals surface area contributed by atoms with Crippen molar-refractivity contribution in [2.45, 2.75) is 52.0 Å². The maximum absolute atomic E-state index is 4.98. The molecule has 3 rings (SSSR count). The average Bonchev–Trinajstić information content (AvgIpc) is 2.84. The van der Waals surface area contributed by atoms with E-state index in [4.69, 9.17) is 4.98 Å². The topological polar surface area (TPSA) is 24.9 Å². The van der Waals surface area contributed by atoms with Gasteiger partial charge < -0.3 is 5.32 Å². The standard InChI is InChI=1S/C18H24N2S/c1-3-7-16-17(12-19-10-4-2)21-18(20-16)15-11-13-8-5-6-9-14(13)15/h5-6,8-9,15,19H,3-4,7,10-12H2,1-2H3. The van der Waals surface area contributed by atoms with Crippen LogP contribution in [-0.2, 0) is 19.4 Å². The van der Waals surface area contributed by atoms with E-state index in [2.05, 4.69) is 43.4 Å². The molecule has 1 N–H and O–H groups in total. The summed E-state index contributed by atoms with van der Waals surface area (Å²) >= 11 is 1.92. The van der Waals surface area contributed by atoms with E-state index in [1.54, 1.807) is 0 Å². The van der Waals surface area contributed by atoms with E-state index < -0.39 is 0 Å². The zero-order chi connectivity index (χ0) is 14.7. The predicted octanol–water partition coefficient (Wildman–Crippen LogP) is 4.28. The van der Waals surface area contributed by atoms with Crippen LogP contribution in [0.3, 0.4) is 0 Å². The molecule has 0 radical (unpaired) electrons. The second kappa shape index (κ2) is 6.71. The number of nitrogens with one attached hydrogen (secondary N) is 1. The second-order valence-electron chi connectivity index (χ2n) is 5.80. The van der Waals surface area contributed by atoms with Crippen molar-refractivity contribution in [3.8, 4) is 0 Å². The minimum atomic E-state index is 0.543. The molecule has 21 heavy (non-hydrogen) atoms. The van der Waals surface area contributed by atoms with Crippen molar-refractivity contribution in [3.63, 3.8) is 0 Å². The Labute approximate surface area is 131 Å². The third-order valence-electron chi connectivity index (χ3n) is 4.15. The smallest absolute Gasteiger partial charge is 0.101 e. The van der Waals surface area contributed by atoms with Crippen LogP contribution in [0.2, 0.25) is 0 Å². The van der Waals surface area contributed by atoms with Gasteiger partial charge in [0.1, 0.15) is 5.01 Å². The van der Waals surface area contributed by atoms with E-state index in [-0.39, 0.29) is 0 Å². The van der Waals surface area contributed by atoms with Gasteiger partial charge in [-0.25, -0.2) is 4.98 Å². The first-order valence-corrected chi connectivity index (χ1v) is 8.92. The van der Waals surface area contributed by atoms with E-state index >= 15 is 0 Å². The van der Waals surface area contributed by atoms with Crippen LogP contribution < -0.4 is 5.32 Å². The highest BCUT2D eigenvalue weighted by Crippen LogP contribution is 2.42. The van der Waals surface area contributed by atoms with E-state index in [0.29, 0.717) is 5.92 Å². The lowest BCUT2D eigenvalue weighted by atomic mass is 9.78. The first-order valence-electron chi connectivity index (χ1n) is 8.10. The second-order valence-corrected chi connectivity index (χ2v) is 6.92. The predicted molar refractivity (Wildman–Crippen MR) is 90.1 cm³/mol. The van der Waals surface area contributed by atoms with Crippen molar-refractivity contribution in [3.05, 3.63) is 51.0 Å². The number of fused-ring (bicyclic) bond motifs is 1. The van der Waals surface area contributed by atoms with Crippen molar-refractivity contribution in [1.29, 1.82) is 0 Å². The highest BCUT2D eigenvalue weighted by molar-refractivity contribution is 7.11. The first-order chi connectivity index (χ1) is 10.3. The molecule has 0 amide bonds. The fraction of sp³-hybridized carbons (Fsp3) is 0.500. The Bertz CT molecular complexity index is 603. The summed E-state index contributed by atoms with van der Waals surface area (Å²) < 4.78 is 0. The molecule has 0 saturated heterocycles. The molecule has 0 aliphatic heterocycles. The number of hydrogen-bond donors (Lipinski definition) is 1. The number of aryl methyl sites for hydroxylation is 1. The molecule has 2 aromatic rings. The van der Waals surface area contributed by atoms with Gasteiger partial charge in [-0.15, -0.1) is 11.3 Å². The number of thiazole rings is 1. The fourth-order valence-electron chi connectivity index (χ4n) is 2.98. The van der Waals surface area contributed by atoms with Crippen LogP contribution in [0.4, 0.5) is 0 Å². The van der Waals surface area contributed by atoms with Crippen LogP contribution in [0, 0.1) is 0 Å². The number of rotatable bonds is 7. The maximum atomic E-state index is 4.98. The molecule has 1 aromatic carbocycles. The van der Waals surface area contributed by atoms with E-state index in [1.807, 2.05) is 11.3 Å². The lowest BCUT2D eigenvalue weighted by Gasteiger charge is -2.28. The van der Waals surface area contributed by atoms with Crippen molar-refractivity contribution in [1.82, 2.24) is 10.3 Å². The molecule has 1 aliphatic carbocycles. The Kier molecular flexibility index (Phi) is 4.71. The summed E-state index contributed by atoms with van der Waals surface area (Å²) in [5, 5.41) is 4.85. The molecule has 1 unspecified atom stereocenters. The lowest BCUT2D eigenvalue weighted by Crippen LogP contribution is -2.17. The summed E-state index contributed by atoms with van der Waals surface area (Å²) in [4.78, 5) is 6.43. The zero-order valence-electron chi connectivity index (χ0n) is 13.0. The third-order valence-corrected chi connectivity index (χ3v) is 5.36. The highest BCUT2D eigenvalue weighted by atomic mass is 32.1. The molecule has 0 fully saturated rings. The van der Waals surface area contributed by atoms with Crippen LogP contribution >= 0.6 is 11.3 Å². The van der Waals surface area contributed by atoms with Crippen LogP contribution in [0.15, 0.2) is 24.3 Å². The molecule has 0 bridgehead atoms. The SMILES string of the molecule is CCCNCc1sc(C2Cc3ccccc32)nc1CCC. The Morgan fingerprint density at radius 3 is 2.86 bits per heavy atom. The molecule has 1 heterocycles. The molecular formula is C18H24N2S. The molecule has 0 saturated carbocycles. The van der Waals surface area contributed by atoms with Crippen molar-refractivity contribution in [2.24, 2.45) is 0 Å². The third kappa shape index (κ3) is 3.04. The number of nitrogens with zero attached hydrogens (tertiary/aromatic N) is 1. The van der Waals surface area contributed by atoms with Gasteiger partial charge >= 0.3 is 0 Å². The van der Waals surface area contributed by atoms with Gasteiger partial charge in [-0.05, 0) is 36.9 Å². The summed E-state index contributed by atoms with van der Waals surface area (Å²) in [6, 6.07) is 8.80. The molecule has 1 atom stereocenters. The van der Waals surface area contributed by atoms with Crippen LogP contribution in [0.5, 0.6) is 0 Å². The molecule has 3 heteroatoms. The van der Waals surface area contributed by atoms with Gasteiger partial charge in [0.15, 0.2) is 0 Å². The van der Waals surface area contributed by atoms with E-state index in [1.165, 1.54) is 39.5 Å². The quantitative estimate of drug-likeness (QED) is 0.772. The molecule has 1 aromatic heterocycles. The van der Waals surface area contributed by atoms with Gasteiger partial charge in [0.05, 0.1) is 5.69 Å². The minimum absolute atomic E-state index is 0.543. The zero-order valence-corrected chi connectivity index (χ0v) is 13.8. The largest absolute Gasteiger partial charge is 0.312 e. The first kappa shape index (κ1) is 14.7. The number of hydrogen-bond acceptors (Lipinski definition) is 3. The summed E-state index contributed by atoms with van der Waals surface area (Å²) in [7, 11) is 0. The Hall–Kier alpha value is -1.19. The van der Waals surface area contributed by atoms with Crippen molar-refractivity contribution < 1.29 is 0 Å². The molecule has 2 nitrogen and oxygen atoms in total. The van der Waals surface area contributed by atoms with Gasteiger partial charge in [0.25, 0.3) is 0 Å². The highest BCUT2D eigenvalue weighted by Gasteiger charge is 2.30. The molecule has 0 spiro atoms. The lowest BCUT2D eigenvalue weighted by molar-refractivity contribution is 0.672. The summed E-state index contributed by atoms with van der Waals surface area (Å²) in [5.74, 6) is 0.543. The Balaban J connectivity index is 1.79. The monoisotopic (exact) mass is 300 g/mol. The van der Waals surface area contributed by atoms with Gasteiger partial charge in [0.2, 0.25) is 0 Å². The average molecular weight is 300 g/mol. The maximum Gasteiger partial charge on any atom is 0.101 e. The Morgan fingerprint density at radius 2 is 2.10 bits per heavy atom. The van der Waals surface area contributed by atoms with E-state index in [9.17, 15) is 0 Å². The summed E-state index contributed by atoms with van der Waals surface area (Å²) in [6.45, 7) is 6.52. The van der Waals surface area contributed by atoms with Crippen LogP contribution in [-0.4, -0.2) is 11.5 Å². The van der Waals surface area contributed by atoms with Gasteiger partial charge in [-0.1, -0.05) is 44.5 Å². The fourth-order valence-corrected chi connectivity index (χ4v) is 4.18. The van der Waals surface area contributed by atoms with Gasteiger partial charge in [-0.3, -0.25) is 0 Å². The number of aromatic nitrogens is 1.